The molecule has 1 amide bonds. The zero-order valence-corrected chi connectivity index (χ0v) is 13.3. The molecule has 0 unspecified atom stereocenters. The number of halogens is 3. The molecule has 8 heteroatoms. The Morgan fingerprint density at radius 2 is 2.04 bits per heavy atom. The van der Waals surface area contributed by atoms with Gasteiger partial charge in [-0.25, -0.2) is 4.68 Å². The molecule has 0 atom stereocenters. The second-order valence-corrected chi connectivity index (χ2v) is 5.88. The van der Waals surface area contributed by atoms with E-state index < -0.39 is 11.7 Å². The van der Waals surface area contributed by atoms with Gasteiger partial charge in [0, 0.05) is 11.4 Å². The van der Waals surface area contributed by atoms with E-state index in [1.807, 2.05) is 0 Å². The topological polar surface area (TPSA) is 46.9 Å². The van der Waals surface area contributed by atoms with Crippen molar-refractivity contribution in [1.29, 1.82) is 0 Å². The number of aryl methyl sites for hydroxylation is 1. The first-order chi connectivity index (χ1) is 11.3. The molecule has 0 aliphatic rings. The monoisotopic (exact) mass is 351 g/mol. The Bertz CT molecular complexity index is 869. The Morgan fingerprint density at radius 1 is 1.25 bits per heavy atom. The third kappa shape index (κ3) is 3.33. The summed E-state index contributed by atoms with van der Waals surface area (Å²) in [5, 5.41) is 10.3. The molecule has 24 heavy (non-hydrogen) atoms. The van der Waals surface area contributed by atoms with Crippen LogP contribution in [0.3, 0.4) is 0 Å². The Labute approximate surface area is 139 Å². The second-order valence-electron chi connectivity index (χ2n) is 5.10. The highest BCUT2D eigenvalue weighted by molar-refractivity contribution is 7.08. The molecule has 3 aromatic rings. The van der Waals surface area contributed by atoms with E-state index in [1.54, 1.807) is 29.8 Å². The summed E-state index contributed by atoms with van der Waals surface area (Å²) in [6, 6.07) is 8.06. The van der Waals surface area contributed by atoms with Crippen LogP contribution in [0.1, 0.15) is 21.6 Å². The molecule has 0 radical (unpaired) electrons. The predicted octanol–water partition coefficient (Wildman–Crippen LogP) is 4.51. The molecule has 0 saturated carbocycles. The fourth-order valence-electron chi connectivity index (χ4n) is 2.18. The second kappa shape index (κ2) is 6.12. The number of benzene rings is 1. The smallest absolute Gasteiger partial charge is 0.306 e. The molecule has 0 fully saturated rings. The molecular formula is C16H12F3N3OS. The third-order valence-electron chi connectivity index (χ3n) is 3.27. The van der Waals surface area contributed by atoms with Gasteiger partial charge in [-0.2, -0.15) is 29.6 Å². The van der Waals surface area contributed by atoms with Gasteiger partial charge < -0.3 is 5.32 Å². The molecule has 1 N–H and O–H groups in total. The van der Waals surface area contributed by atoms with Crippen molar-refractivity contribution in [2.45, 2.75) is 13.1 Å². The van der Waals surface area contributed by atoms with Crippen LogP contribution in [0, 0.1) is 6.92 Å². The van der Waals surface area contributed by atoms with Crippen LogP contribution >= 0.6 is 11.3 Å². The number of carbonyl (C=O) groups is 1. The third-order valence-corrected chi connectivity index (χ3v) is 3.96. The van der Waals surface area contributed by atoms with Crippen molar-refractivity contribution in [3.05, 3.63) is 64.0 Å². The summed E-state index contributed by atoms with van der Waals surface area (Å²) >= 11 is 1.38. The minimum Gasteiger partial charge on any atom is -0.306 e. The van der Waals surface area contributed by atoms with Gasteiger partial charge in [0.1, 0.15) is 5.82 Å². The summed E-state index contributed by atoms with van der Waals surface area (Å²) in [5.41, 5.74) is 0.504. The molecule has 0 spiro atoms. The van der Waals surface area contributed by atoms with Crippen molar-refractivity contribution in [2.75, 3.05) is 5.32 Å². The van der Waals surface area contributed by atoms with E-state index in [2.05, 4.69) is 10.4 Å². The molecule has 2 aromatic heterocycles. The number of aromatic nitrogens is 2. The fraction of sp³-hybridized carbons (Fsp3) is 0.125. The number of hydrogen-bond donors (Lipinski definition) is 1. The molecule has 0 saturated heterocycles. The number of nitrogens with one attached hydrogen (secondary N) is 1. The molecule has 3 rings (SSSR count). The molecule has 0 aliphatic heterocycles. The van der Waals surface area contributed by atoms with Gasteiger partial charge in [0.05, 0.1) is 22.5 Å². The lowest BCUT2D eigenvalue weighted by molar-refractivity contribution is -0.137. The van der Waals surface area contributed by atoms with Crippen molar-refractivity contribution in [3.8, 4) is 5.69 Å². The van der Waals surface area contributed by atoms with E-state index in [0.717, 1.165) is 12.1 Å². The van der Waals surface area contributed by atoms with Gasteiger partial charge in [-0.3, -0.25) is 4.79 Å². The highest BCUT2D eigenvalue weighted by Crippen LogP contribution is 2.31. The summed E-state index contributed by atoms with van der Waals surface area (Å²) in [7, 11) is 0. The van der Waals surface area contributed by atoms with Crippen LogP contribution in [0.5, 0.6) is 0 Å². The van der Waals surface area contributed by atoms with Crippen LogP contribution in [0.15, 0.2) is 47.2 Å². The molecule has 1 aromatic carbocycles. The van der Waals surface area contributed by atoms with E-state index in [-0.39, 0.29) is 11.6 Å². The van der Waals surface area contributed by atoms with Gasteiger partial charge in [0.25, 0.3) is 5.91 Å². The number of hydrogen-bond acceptors (Lipinski definition) is 3. The average Bonchev–Trinajstić information content (AvgIpc) is 3.16. The molecular weight excluding hydrogens is 339 g/mol. The van der Waals surface area contributed by atoms with Gasteiger partial charge in [0.2, 0.25) is 0 Å². The van der Waals surface area contributed by atoms with Gasteiger partial charge >= 0.3 is 6.18 Å². The first kappa shape index (κ1) is 16.3. The quantitative estimate of drug-likeness (QED) is 0.754. The lowest BCUT2D eigenvalue weighted by Crippen LogP contribution is -2.15. The van der Waals surface area contributed by atoms with Crippen molar-refractivity contribution < 1.29 is 18.0 Å². The first-order valence-corrected chi connectivity index (χ1v) is 7.87. The van der Waals surface area contributed by atoms with Crippen LogP contribution in [0.25, 0.3) is 5.69 Å². The van der Waals surface area contributed by atoms with Gasteiger partial charge in [-0.1, -0.05) is 6.07 Å². The molecule has 0 aliphatic carbocycles. The summed E-state index contributed by atoms with van der Waals surface area (Å²) in [5.74, 6) is -0.0348. The van der Waals surface area contributed by atoms with E-state index >= 15 is 0 Å². The van der Waals surface area contributed by atoms with E-state index in [1.165, 1.54) is 28.2 Å². The largest absolute Gasteiger partial charge is 0.416 e. The van der Waals surface area contributed by atoms with E-state index in [0.29, 0.717) is 17.1 Å². The molecule has 0 bridgehead atoms. The lowest BCUT2D eigenvalue weighted by Gasteiger charge is -2.11. The van der Waals surface area contributed by atoms with Crippen molar-refractivity contribution in [1.82, 2.24) is 9.78 Å². The van der Waals surface area contributed by atoms with Crippen molar-refractivity contribution >= 4 is 23.1 Å². The van der Waals surface area contributed by atoms with Crippen molar-refractivity contribution in [3.63, 3.8) is 0 Å². The molecule has 2 heterocycles. The highest BCUT2D eigenvalue weighted by atomic mass is 32.1. The maximum absolute atomic E-state index is 12.9. The maximum Gasteiger partial charge on any atom is 0.416 e. The normalized spacial score (nSPS) is 11.5. The van der Waals surface area contributed by atoms with E-state index in [4.69, 9.17) is 0 Å². The summed E-state index contributed by atoms with van der Waals surface area (Å²) in [4.78, 5) is 12.2. The standard InChI is InChI=1S/C16H12F3N3OS/c1-10-7-14(20-15(23)11-5-6-24-9-11)22(21-10)13-4-2-3-12(8-13)16(17,18)19/h2-9H,1H3,(H,20,23). The minimum absolute atomic E-state index is 0.221. The molecule has 124 valence electrons. The van der Waals surface area contributed by atoms with Crippen LogP contribution in [0.4, 0.5) is 19.0 Å². The van der Waals surface area contributed by atoms with Gasteiger partial charge in [-0.05, 0) is 36.6 Å². The Hall–Kier alpha value is -2.61. The number of nitrogens with zero attached hydrogens (tertiary/aromatic N) is 2. The first-order valence-electron chi connectivity index (χ1n) is 6.92. The van der Waals surface area contributed by atoms with Crippen LogP contribution < -0.4 is 5.32 Å². The van der Waals surface area contributed by atoms with Gasteiger partial charge in [0.15, 0.2) is 0 Å². The number of rotatable bonds is 3. The average molecular weight is 351 g/mol. The van der Waals surface area contributed by atoms with Crippen LogP contribution in [0.2, 0.25) is 0 Å². The minimum atomic E-state index is -4.45. The summed E-state index contributed by atoms with van der Waals surface area (Å²) in [6.45, 7) is 1.70. The van der Waals surface area contributed by atoms with Crippen LogP contribution in [-0.2, 0) is 6.18 Å². The maximum atomic E-state index is 12.9. The highest BCUT2D eigenvalue weighted by Gasteiger charge is 2.30. The number of alkyl halides is 3. The molecule has 4 nitrogen and oxygen atoms in total. The zero-order valence-electron chi connectivity index (χ0n) is 12.5. The number of anilines is 1. The predicted molar refractivity (Wildman–Crippen MR) is 85.6 cm³/mol. The Balaban J connectivity index is 1.96. The van der Waals surface area contributed by atoms with Gasteiger partial charge in [-0.15, -0.1) is 0 Å². The van der Waals surface area contributed by atoms with Crippen molar-refractivity contribution in [2.24, 2.45) is 0 Å². The lowest BCUT2D eigenvalue weighted by atomic mass is 10.2. The Kier molecular flexibility index (Phi) is 4.15. The zero-order chi connectivity index (χ0) is 17.3. The van der Waals surface area contributed by atoms with E-state index in [9.17, 15) is 18.0 Å². The Morgan fingerprint density at radius 3 is 2.71 bits per heavy atom. The SMILES string of the molecule is Cc1cc(NC(=O)c2ccsc2)n(-c2cccc(C(F)(F)F)c2)n1. The summed E-state index contributed by atoms with van der Waals surface area (Å²) in [6.07, 6.45) is -4.45. The number of amides is 1. The summed E-state index contributed by atoms with van der Waals surface area (Å²) < 4.78 is 39.9. The van der Waals surface area contributed by atoms with Crippen LogP contribution in [-0.4, -0.2) is 15.7 Å². The fourth-order valence-corrected chi connectivity index (χ4v) is 2.82. The number of carbonyl (C=O) groups excluding carboxylic acids is 1. The number of thiophene rings is 1.